The van der Waals surface area contributed by atoms with E-state index < -0.39 is 23.8 Å². The van der Waals surface area contributed by atoms with Crippen LogP contribution < -0.4 is 4.74 Å². The van der Waals surface area contributed by atoms with E-state index >= 15 is 0 Å². The number of thiophene rings is 1. The van der Waals surface area contributed by atoms with Crippen LogP contribution >= 0.6 is 11.3 Å². The monoisotopic (exact) mass is 474 g/mol. The lowest BCUT2D eigenvalue weighted by Crippen LogP contribution is -2.14. The molecule has 10 heteroatoms. The standard InChI is InChI=1S/C23H17F3N2O4S/c1-13(15-5-3-4-6-16(15)23(24,25)26)32-19-10-20(33-21(19)22(30)31-2)28-12-27-17-8-7-14(11-29)9-18(17)28/h3-13H,1-2H3. The van der Waals surface area contributed by atoms with E-state index in [1.165, 1.54) is 38.6 Å². The van der Waals surface area contributed by atoms with Crippen LogP contribution in [0.15, 0.2) is 54.9 Å². The van der Waals surface area contributed by atoms with Crippen molar-refractivity contribution in [3.05, 3.63) is 76.4 Å². The van der Waals surface area contributed by atoms with Gasteiger partial charge in [0.2, 0.25) is 0 Å². The number of carbonyl (C=O) groups excluding carboxylic acids is 2. The van der Waals surface area contributed by atoms with Gasteiger partial charge in [-0.2, -0.15) is 13.2 Å². The van der Waals surface area contributed by atoms with Gasteiger partial charge < -0.3 is 9.47 Å². The van der Waals surface area contributed by atoms with Crippen molar-refractivity contribution < 1.29 is 32.2 Å². The third kappa shape index (κ3) is 4.34. The van der Waals surface area contributed by atoms with Crippen LogP contribution in [-0.2, 0) is 10.9 Å². The van der Waals surface area contributed by atoms with E-state index in [-0.39, 0.29) is 16.2 Å². The number of ether oxygens (including phenoxy) is 2. The second-order valence-electron chi connectivity index (χ2n) is 7.10. The first-order valence-electron chi connectivity index (χ1n) is 9.70. The number of nitrogens with zero attached hydrogens (tertiary/aromatic N) is 2. The predicted molar refractivity (Wildman–Crippen MR) is 116 cm³/mol. The second kappa shape index (κ2) is 8.70. The summed E-state index contributed by atoms with van der Waals surface area (Å²) in [5.41, 5.74) is 0.831. The minimum absolute atomic E-state index is 0.0581. The molecule has 2 heterocycles. The Kier molecular flexibility index (Phi) is 5.94. The molecule has 0 saturated heterocycles. The third-order valence-electron chi connectivity index (χ3n) is 5.01. The first kappa shape index (κ1) is 22.5. The van der Waals surface area contributed by atoms with Gasteiger partial charge in [0, 0.05) is 17.2 Å². The normalized spacial score (nSPS) is 12.5. The summed E-state index contributed by atoms with van der Waals surface area (Å²) in [6, 6.07) is 11.6. The van der Waals surface area contributed by atoms with E-state index in [0.717, 1.165) is 17.4 Å². The summed E-state index contributed by atoms with van der Waals surface area (Å²) in [6.07, 6.45) is -3.32. The van der Waals surface area contributed by atoms with Crippen LogP contribution in [0.2, 0.25) is 0 Å². The Morgan fingerprint density at radius 3 is 2.64 bits per heavy atom. The summed E-state index contributed by atoms with van der Waals surface area (Å²) in [7, 11) is 1.21. The lowest BCUT2D eigenvalue weighted by atomic mass is 10.0. The molecule has 33 heavy (non-hydrogen) atoms. The second-order valence-corrected chi connectivity index (χ2v) is 8.13. The molecule has 0 N–H and O–H groups in total. The van der Waals surface area contributed by atoms with Gasteiger partial charge in [0.1, 0.15) is 29.5 Å². The molecule has 2 aromatic carbocycles. The van der Waals surface area contributed by atoms with Gasteiger partial charge in [0.05, 0.1) is 23.7 Å². The van der Waals surface area contributed by atoms with E-state index in [2.05, 4.69) is 4.98 Å². The fraction of sp³-hybridized carbons (Fsp3) is 0.174. The van der Waals surface area contributed by atoms with Gasteiger partial charge >= 0.3 is 12.1 Å². The molecule has 0 fully saturated rings. The Bertz CT molecular complexity index is 1340. The van der Waals surface area contributed by atoms with Crippen LogP contribution in [0.4, 0.5) is 13.2 Å². The number of alkyl halides is 3. The number of aromatic nitrogens is 2. The fourth-order valence-electron chi connectivity index (χ4n) is 3.44. The summed E-state index contributed by atoms with van der Waals surface area (Å²) >= 11 is 1.04. The highest BCUT2D eigenvalue weighted by molar-refractivity contribution is 7.16. The van der Waals surface area contributed by atoms with Gasteiger partial charge in [-0.25, -0.2) is 9.78 Å². The van der Waals surface area contributed by atoms with Crippen molar-refractivity contribution >= 4 is 34.6 Å². The third-order valence-corrected chi connectivity index (χ3v) is 6.10. The van der Waals surface area contributed by atoms with Crippen LogP contribution in [0.1, 0.15) is 44.2 Å². The van der Waals surface area contributed by atoms with Crippen molar-refractivity contribution in [3.8, 4) is 10.8 Å². The molecule has 170 valence electrons. The Hall–Kier alpha value is -3.66. The number of benzene rings is 2. The molecule has 4 rings (SSSR count). The smallest absolute Gasteiger partial charge is 0.416 e. The maximum atomic E-state index is 13.4. The number of imidazole rings is 1. The zero-order valence-corrected chi connectivity index (χ0v) is 18.2. The molecule has 0 bridgehead atoms. The van der Waals surface area contributed by atoms with Crippen molar-refractivity contribution in [1.29, 1.82) is 0 Å². The Morgan fingerprint density at radius 2 is 1.94 bits per heavy atom. The van der Waals surface area contributed by atoms with Gasteiger partial charge in [0.15, 0.2) is 4.88 Å². The number of aldehydes is 1. The van der Waals surface area contributed by atoms with Gasteiger partial charge in [0.25, 0.3) is 0 Å². The average molecular weight is 474 g/mol. The summed E-state index contributed by atoms with van der Waals surface area (Å²) < 4.78 is 52.7. The lowest BCUT2D eigenvalue weighted by molar-refractivity contribution is -0.139. The van der Waals surface area contributed by atoms with Crippen molar-refractivity contribution in [2.75, 3.05) is 7.11 Å². The van der Waals surface area contributed by atoms with Crippen LogP contribution in [0.25, 0.3) is 16.0 Å². The zero-order valence-electron chi connectivity index (χ0n) is 17.4. The fourth-order valence-corrected chi connectivity index (χ4v) is 4.43. The molecule has 0 saturated carbocycles. The van der Waals surface area contributed by atoms with Crippen LogP contribution in [0.3, 0.4) is 0 Å². The van der Waals surface area contributed by atoms with Gasteiger partial charge in [-0.1, -0.05) is 18.2 Å². The van der Waals surface area contributed by atoms with E-state index in [9.17, 15) is 22.8 Å². The molecule has 2 aromatic heterocycles. The Labute approximate surface area is 190 Å². The maximum absolute atomic E-state index is 13.4. The Balaban J connectivity index is 1.76. The average Bonchev–Trinajstić information content (AvgIpc) is 3.41. The summed E-state index contributed by atoms with van der Waals surface area (Å²) in [4.78, 5) is 27.9. The first-order valence-corrected chi connectivity index (χ1v) is 10.5. The number of carbonyl (C=O) groups is 2. The van der Waals surface area contributed by atoms with Gasteiger partial charge in [-0.15, -0.1) is 11.3 Å². The van der Waals surface area contributed by atoms with Crippen LogP contribution in [0, 0.1) is 0 Å². The van der Waals surface area contributed by atoms with Crippen LogP contribution in [0.5, 0.6) is 5.75 Å². The zero-order chi connectivity index (χ0) is 23.8. The molecule has 0 amide bonds. The molecule has 0 aliphatic rings. The molecule has 1 atom stereocenters. The van der Waals surface area contributed by atoms with E-state index in [4.69, 9.17) is 9.47 Å². The Morgan fingerprint density at radius 1 is 1.18 bits per heavy atom. The molecule has 0 aliphatic carbocycles. The minimum atomic E-state index is -4.55. The maximum Gasteiger partial charge on any atom is 0.416 e. The molecule has 4 aromatic rings. The number of esters is 1. The quantitative estimate of drug-likeness (QED) is 0.259. The number of fused-ring (bicyclic) bond motifs is 1. The number of methoxy groups -OCH3 is 1. The predicted octanol–water partition coefficient (Wildman–Crippen LogP) is 5.84. The minimum Gasteiger partial charge on any atom is -0.484 e. The van der Waals surface area contributed by atoms with E-state index in [1.54, 1.807) is 28.8 Å². The van der Waals surface area contributed by atoms with Crippen LogP contribution in [-0.4, -0.2) is 28.9 Å². The highest BCUT2D eigenvalue weighted by Gasteiger charge is 2.35. The van der Waals surface area contributed by atoms with E-state index in [0.29, 0.717) is 27.9 Å². The molecule has 0 aliphatic heterocycles. The lowest BCUT2D eigenvalue weighted by Gasteiger charge is -2.19. The summed E-state index contributed by atoms with van der Waals surface area (Å²) in [5, 5.41) is 0.521. The number of halogens is 3. The summed E-state index contributed by atoms with van der Waals surface area (Å²) in [6.45, 7) is 1.48. The molecule has 1 unspecified atom stereocenters. The first-order chi connectivity index (χ1) is 15.7. The van der Waals surface area contributed by atoms with Crippen molar-refractivity contribution in [3.63, 3.8) is 0 Å². The largest absolute Gasteiger partial charge is 0.484 e. The van der Waals surface area contributed by atoms with Crippen molar-refractivity contribution in [1.82, 2.24) is 9.55 Å². The van der Waals surface area contributed by atoms with Gasteiger partial charge in [-0.3, -0.25) is 9.36 Å². The van der Waals surface area contributed by atoms with Crippen molar-refractivity contribution in [2.45, 2.75) is 19.2 Å². The number of rotatable bonds is 6. The number of hydrogen-bond acceptors (Lipinski definition) is 6. The molecular weight excluding hydrogens is 457 g/mol. The highest BCUT2D eigenvalue weighted by Crippen LogP contribution is 2.39. The SMILES string of the molecule is COC(=O)c1sc(-n2cnc3ccc(C=O)cc32)cc1OC(C)c1ccccc1C(F)(F)F. The molecule has 0 radical (unpaired) electrons. The van der Waals surface area contributed by atoms with Crippen molar-refractivity contribution in [2.24, 2.45) is 0 Å². The topological polar surface area (TPSA) is 70.4 Å². The highest BCUT2D eigenvalue weighted by atomic mass is 32.1. The number of hydrogen-bond donors (Lipinski definition) is 0. The molecule has 0 spiro atoms. The van der Waals surface area contributed by atoms with E-state index in [1.807, 2.05) is 0 Å². The summed E-state index contributed by atoms with van der Waals surface area (Å²) in [5.74, 6) is -0.602. The molecular formula is C23H17F3N2O4S. The van der Waals surface area contributed by atoms with Gasteiger partial charge in [-0.05, 0) is 31.2 Å². The molecule has 6 nitrogen and oxygen atoms in total.